The molecule has 0 radical (unpaired) electrons. The molecule has 10 nitrogen and oxygen atoms in total. The van der Waals surface area contributed by atoms with Crippen LogP contribution in [0.25, 0.3) is 11.3 Å². The van der Waals surface area contributed by atoms with Crippen molar-refractivity contribution >= 4 is 29.2 Å². The molecule has 0 aliphatic rings. The van der Waals surface area contributed by atoms with Gasteiger partial charge in [-0.15, -0.1) is 0 Å². The van der Waals surface area contributed by atoms with Crippen molar-refractivity contribution in [2.75, 3.05) is 25.1 Å². The molecule has 0 saturated heterocycles. The van der Waals surface area contributed by atoms with Crippen LogP contribution >= 0.6 is 12.2 Å². The number of nitrogens with zero attached hydrogens (tertiary/aromatic N) is 4. The monoisotopic (exact) mass is 462 g/mol. The van der Waals surface area contributed by atoms with Crippen molar-refractivity contribution < 1.29 is 32.2 Å². The zero-order chi connectivity index (χ0) is 23.0. The summed E-state index contributed by atoms with van der Waals surface area (Å²) in [4.78, 5) is 19.4. The van der Waals surface area contributed by atoms with Crippen LogP contribution in [0.2, 0.25) is 0 Å². The summed E-state index contributed by atoms with van der Waals surface area (Å²) in [5.74, 6) is -0.502. The lowest BCUT2D eigenvalue weighted by atomic mass is 10.2. The van der Waals surface area contributed by atoms with E-state index in [0.717, 1.165) is 6.33 Å². The molecule has 0 aliphatic heterocycles. The van der Waals surface area contributed by atoms with E-state index in [1.165, 1.54) is 10.9 Å². The van der Waals surface area contributed by atoms with Crippen molar-refractivity contribution in [1.29, 1.82) is 0 Å². The topological polar surface area (TPSA) is 112 Å². The summed E-state index contributed by atoms with van der Waals surface area (Å²) in [5.41, 5.74) is 0.397. The molecule has 2 N–H and O–H groups in total. The first-order valence-electron chi connectivity index (χ1n) is 9.10. The van der Waals surface area contributed by atoms with Gasteiger partial charge < -0.3 is 19.5 Å². The van der Waals surface area contributed by atoms with Gasteiger partial charge in [0.25, 0.3) is 0 Å². The molecule has 0 bridgehead atoms. The van der Waals surface area contributed by atoms with Gasteiger partial charge in [-0.25, -0.2) is 19.4 Å². The molecule has 0 aromatic carbocycles. The summed E-state index contributed by atoms with van der Waals surface area (Å²) < 4.78 is 55.0. The highest BCUT2D eigenvalue weighted by atomic mass is 32.1. The quantitative estimate of drug-likeness (QED) is 0.571. The lowest BCUT2D eigenvalue weighted by molar-refractivity contribution is -0.153. The van der Waals surface area contributed by atoms with Gasteiger partial charge in [-0.05, 0) is 33.0 Å². The van der Waals surface area contributed by atoms with Crippen LogP contribution in [-0.2, 0) is 9.47 Å². The Morgan fingerprint density at radius 3 is 2.68 bits per heavy atom. The largest absolute Gasteiger partial charge is 0.478 e. The molecule has 0 saturated carbocycles. The van der Waals surface area contributed by atoms with E-state index in [0.29, 0.717) is 12.2 Å². The van der Waals surface area contributed by atoms with Crippen LogP contribution in [0.4, 0.5) is 23.8 Å². The maximum atomic E-state index is 12.8. The maximum absolute atomic E-state index is 12.8. The fourth-order valence-corrected chi connectivity index (χ4v) is 2.51. The number of hydrogen-bond acceptors (Lipinski definition) is 8. The van der Waals surface area contributed by atoms with E-state index in [9.17, 15) is 18.0 Å². The molecule has 170 valence electrons. The zero-order valence-corrected chi connectivity index (χ0v) is 17.7. The summed E-state index contributed by atoms with van der Waals surface area (Å²) in [6, 6.07) is 0. The molecule has 1 atom stereocenters. The lowest BCUT2D eigenvalue weighted by Gasteiger charge is -2.16. The Kier molecular flexibility index (Phi) is 8.50. The number of rotatable bonds is 8. The lowest BCUT2D eigenvalue weighted by Crippen LogP contribution is -2.35. The van der Waals surface area contributed by atoms with E-state index < -0.39 is 25.1 Å². The number of hydrogen-bond donors (Lipinski definition) is 2. The van der Waals surface area contributed by atoms with E-state index >= 15 is 0 Å². The van der Waals surface area contributed by atoms with Crippen molar-refractivity contribution in [2.24, 2.45) is 0 Å². The van der Waals surface area contributed by atoms with Crippen molar-refractivity contribution in [2.45, 2.75) is 33.2 Å². The van der Waals surface area contributed by atoms with E-state index in [1.54, 1.807) is 20.0 Å². The van der Waals surface area contributed by atoms with Crippen LogP contribution in [0, 0.1) is 0 Å². The Morgan fingerprint density at radius 2 is 2.03 bits per heavy atom. The van der Waals surface area contributed by atoms with Crippen LogP contribution in [0.1, 0.15) is 27.0 Å². The Hall–Kier alpha value is -3.00. The molecule has 0 aliphatic carbocycles. The highest BCUT2D eigenvalue weighted by Crippen LogP contribution is 2.34. The number of carbonyl (C=O) groups is 1. The number of ether oxygens (including phenoxy) is 3. The molecule has 14 heteroatoms. The normalized spacial score (nSPS) is 12.2. The summed E-state index contributed by atoms with van der Waals surface area (Å²) in [5, 5.41) is 8.63. The third-order valence-corrected chi connectivity index (χ3v) is 3.77. The van der Waals surface area contributed by atoms with Crippen molar-refractivity contribution in [1.82, 2.24) is 25.1 Å². The molecule has 1 amide bonds. The molecule has 0 fully saturated rings. The van der Waals surface area contributed by atoms with Crippen molar-refractivity contribution in [3.63, 3.8) is 0 Å². The average molecular weight is 462 g/mol. The smallest absolute Gasteiger partial charge is 0.422 e. The van der Waals surface area contributed by atoms with Crippen molar-refractivity contribution in [3.05, 3.63) is 18.7 Å². The molecule has 31 heavy (non-hydrogen) atoms. The SMILES string of the molecule is CCOC(=O)NC(=S)Nc1ncnc(-c2cnn(C(C)OCC)c2)c1OCC(F)(F)F. The van der Waals surface area contributed by atoms with Gasteiger partial charge in [0.05, 0.1) is 12.8 Å². The molecule has 0 spiro atoms. The van der Waals surface area contributed by atoms with E-state index in [2.05, 4.69) is 25.7 Å². The number of anilines is 1. The second kappa shape index (κ2) is 10.9. The van der Waals surface area contributed by atoms with Crippen molar-refractivity contribution in [3.8, 4) is 17.0 Å². The van der Waals surface area contributed by atoms with Crippen LogP contribution < -0.4 is 15.4 Å². The van der Waals surface area contributed by atoms with Gasteiger partial charge in [-0.1, -0.05) is 0 Å². The van der Waals surface area contributed by atoms with Crippen LogP contribution in [-0.4, -0.2) is 57.0 Å². The number of nitrogens with one attached hydrogen (secondary N) is 2. The number of alkyl halides is 3. The minimum atomic E-state index is -4.61. The number of aromatic nitrogens is 4. The van der Waals surface area contributed by atoms with Gasteiger partial charge in [0, 0.05) is 18.4 Å². The molecular weight excluding hydrogens is 441 g/mol. The van der Waals surface area contributed by atoms with Gasteiger partial charge in [0.2, 0.25) is 0 Å². The number of amides is 1. The first kappa shape index (κ1) is 24.3. The predicted octanol–water partition coefficient (Wildman–Crippen LogP) is 3.28. The first-order valence-corrected chi connectivity index (χ1v) is 9.50. The fourth-order valence-electron chi connectivity index (χ4n) is 2.33. The molecule has 2 aromatic rings. The average Bonchev–Trinajstić information content (AvgIpc) is 3.16. The Balaban J connectivity index is 2.36. The number of carbonyl (C=O) groups excluding carboxylic acids is 1. The summed E-state index contributed by atoms with van der Waals surface area (Å²) in [6.45, 7) is 4.14. The second-order valence-electron chi connectivity index (χ2n) is 5.87. The van der Waals surface area contributed by atoms with Gasteiger partial charge in [0.1, 0.15) is 18.2 Å². The van der Waals surface area contributed by atoms with Gasteiger partial charge in [0.15, 0.2) is 23.3 Å². The molecule has 2 heterocycles. The fraction of sp³-hybridized carbons (Fsp3) is 0.471. The highest BCUT2D eigenvalue weighted by Gasteiger charge is 2.30. The van der Waals surface area contributed by atoms with Crippen LogP contribution in [0.3, 0.4) is 0 Å². The summed E-state index contributed by atoms with van der Waals surface area (Å²) >= 11 is 4.98. The second-order valence-corrected chi connectivity index (χ2v) is 6.28. The molecule has 2 rings (SSSR count). The Bertz CT molecular complexity index is 908. The minimum absolute atomic E-state index is 0.0376. The van der Waals surface area contributed by atoms with E-state index in [1.807, 2.05) is 6.92 Å². The van der Waals surface area contributed by atoms with Crippen LogP contribution in [0.5, 0.6) is 5.75 Å². The first-order chi connectivity index (χ1) is 14.6. The van der Waals surface area contributed by atoms with E-state index in [4.69, 9.17) is 26.4 Å². The third kappa shape index (κ3) is 7.32. The zero-order valence-electron chi connectivity index (χ0n) is 16.9. The predicted molar refractivity (Wildman–Crippen MR) is 108 cm³/mol. The third-order valence-electron chi connectivity index (χ3n) is 3.56. The van der Waals surface area contributed by atoms with E-state index in [-0.39, 0.29) is 29.0 Å². The molecular formula is C17H21F3N6O4S. The number of thiocarbonyl (C=S) groups is 1. The highest BCUT2D eigenvalue weighted by molar-refractivity contribution is 7.80. The maximum Gasteiger partial charge on any atom is 0.422 e. The van der Waals surface area contributed by atoms with Crippen LogP contribution in [0.15, 0.2) is 18.7 Å². The number of alkyl carbamates (subject to hydrolysis) is 1. The minimum Gasteiger partial charge on any atom is -0.478 e. The Morgan fingerprint density at radius 1 is 1.29 bits per heavy atom. The summed E-state index contributed by atoms with van der Waals surface area (Å²) in [6.07, 6.45) is -1.80. The van der Waals surface area contributed by atoms with Gasteiger partial charge >= 0.3 is 12.3 Å². The van der Waals surface area contributed by atoms with Gasteiger partial charge in [-0.2, -0.15) is 18.3 Å². The standard InChI is InChI=1S/C17H21F3N6O4S/c1-4-28-10(3)26-7-11(6-23-26)12-13(30-8-17(18,19)20)14(22-9-21-12)24-15(31)25-16(27)29-5-2/h6-7,9-10H,4-5,8H2,1-3H3,(H2,21,22,24,25,27,31). The van der Waals surface area contributed by atoms with Gasteiger partial charge in [-0.3, -0.25) is 5.32 Å². The Labute approximate surface area is 181 Å². The summed E-state index contributed by atoms with van der Waals surface area (Å²) in [7, 11) is 0. The molecule has 2 aromatic heterocycles. The number of halogens is 3. The molecule has 1 unspecified atom stereocenters.